The lowest BCUT2D eigenvalue weighted by molar-refractivity contribution is 0.532. The average Bonchev–Trinajstić information content (AvgIpc) is 1.85. The average molecular weight is 175 g/mol. The lowest BCUT2D eigenvalue weighted by atomic mass is 10.7. The molecule has 1 unspecified atom stereocenters. The van der Waals surface area contributed by atoms with Crippen LogP contribution < -0.4 is 11.2 Å². The molecule has 0 saturated heterocycles. The van der Waals surface area contributed by atoms with Crippen molar-refractivity contribution in [3.05, 3.63) is 26.9 Å². The van der Waals surface area contributed by atoms with Crippen LogP contribution in [-0.2, 0) is 11.1 Å². The predicted octanol–water partition coefficient (Wildman–Crippen LogP) is -1.70. The van der Waals surface area contributed by atoms with Crippen molar-refractivity contribution in [3.63, 3.8) is 0 Å². The van der Waals surface area contributed by atoms with E-state index in [0.29, 0.717) is 0 Å². The van der Waals surface area contributed by atoms with Gasteiger partial charge in [-0.25, -0.2) is 4.79 Å². The fourth-order valence-electron chi connectivity index (χ4n) is 0.536. The highest BCUT2D eigenvalue weighted by atomic mass is 32.2. The van der Waals surface area contributed by atoms with Gasteiger partial charge in [0.25, 0.3) is 5.56 Å². The number of rotatable bonds is 1. The van der Waals surface area contributed by atoms with Gasteiger partial charge in [0.2, 0.25) is 0 Å². The molecule has 0 radical (unpaired) electrons. The summed E-state index contributed by atoms with van der Waals surface area (Å²) in [6.45, 7) is 0. The molecular formula is C4H3N2O4S-. The van der Waals surface area contributed by atoms with Crippen molar-refractivity contribution < 1.29 is 8.76 Å². The van der Waals surface area contributed by atoms with Crippen LogP contribution in [0.5, 0.6) is 0 Å². The van der Waals surface area contributed by atoms with E-state index < -0.39 is 27.4 Å². The second-order valence-electron chi connectivity index (χ2n) is 1.69. The van der Waals surface area contributed by atoms with Crippen LogP contribution in [0, 0.1) is 0 Å². The molecule has 1 atom stereocenters. The zero-order chi connectivity index (χ0) is 8.43. The summed E-state index contributed by atoms with van der Waals surface area (Å²) < 4.78 is 20.4. The highest BCUT2D eigenvalue weighted by molar-refractivity contribution is 7.79. The molecule has 1 rings (SSSR count). The van der Waals surface area contributed by atoms with Gasteiger partial charge < -0.3 is 9.54 Å². The summed E-state index contributed by atoms with van der Waals surface area (Å²) in [4.78, 5) is 24.6. The van der Waals surface area contributed by atoms with Crippen LogP contribution in [0.1, 0.15) is 0 Å². The van der Waals surface area contributed by atoms with Gasteiger partial charge in [-0.2, -0.15) is 0 Å². The van der Waals surface area contributed by atoms with E-state index in [1.807, 2.05) is 9.97 Å². The molecule has 0 bridgehead atoms. The van der Waals surface area contributed by atoms with Gasteiger partial charge in [-0.3, -0.25) is 14.0 Å². The van der Waals surface area contributed by atoms with Gasteiger partial charge in [-0.15, -0.1) is 0 Å². The first-order valence-corrected chi connectivity index (χ1v) is 3.60. The maximum absolute atomic E-state index is 10.5. The monoisotopic (exact) mass is 175 g/mol. The zero-order valence-corrected chi connectivity index (χ0v) is 5.94. The van der Waals surface area contributed by atoms with E-state index in [1.54, 1.807) is 0 Å². The van der Waals surface area contributed by atoms with Gasteiger partial charge in [-0.05, 0) is 11.1 Å². The number of aromatic nitrogens is 2. The van der Waals surface area contributed by atoms with Crippen LogP contribution in [-0.4, -0.2) is 18.7 Å². The Morgan fingerprint density at radius 3 is 2.45 bits per heavy atom. The van der Waals surface area contributed by atoms with Crippen LogP contribution in [0.15, 0.2) is 20.7 Å². The summed E-state index contributed by atoms with van der Waals surface area (Å²) in [5.41, 5.74) is -1.58. The molecular weight excluding hydrogens is 172 g/mol. The van der Waals surface area contributed by atoms with Crippen LogP contribution in [0.2, 0.25) is 0 Å². The summed E-state index contributed by atoms with van der Waals surface area (Å²) in [5.74, 6) is 0. The van der Waals surface area contributed by atoms with Gasteiger partial charge in [0.05, 0.1) is 5.03 Å². The topological polar surface area (TPSA) is 106 Å². The molecule has 7 heteroatoms. The van der Waals surface area contributed by atoms with Crippen molar-refractivity contribution >= 4 is 11.1 Å². The molecule has 0 fully saturated rings. The van der Waals surface area contributed by atoms with Crippen molar-refractivity contribution in [2.24, 2.45) is 0 Å². The summed E-state index contributed by atoms with van der Waals surface area (Å²) in [5, 5.41) is -0.418. The van der Waals surface area contributed by atoms with Gasteiger partial charge >= 0.3 is 5.69 Å². The molecule has 11 heavy (non-hydrogen) atoms. The minimum Gasteiger partial charge on any atom is -0.767 e. The second kappa shape index (κ2) is 2.81. The standard InChI is InChI=1S/C4H4N2O4S/c7-2-1-3(11(9)10)6-4(8)5-2/h1H,(H,9,10)(H2,5,6,7,8)/p-1. The van der Waals surface area contributed by atoms with E-state index in [4.69, 9.17) is 0 Å². The third-order valence-corrected chi connectivity index (χ3v) is 1.49. The van der Waals surface area contributed by atoms with Crippen molar-refractivity contribution in [2.45, 2.75) is 5.03 Å². The first kappa shape index (κ1) is 7.89. The Morgan fingerprint density at radius 1 is 1.36 bits per heavy atom. The van der Waals surface area contributed by atoms with Crippen molar-refractivity contribution in [1.82, 2.24) is 9.97 Å². The van der Waals surface area contributed by atoms with E-state index in [9.17, 15) is 18.4 Å². The van der Waals surface area contributed by atoms with Gasteiger partial charge in [0.15, 0.2) is 0 Å². The van der Waals surface area contributed by atoms with E-state index in [1.165, 1.54) is 0 Å². The van der Waals surface area contributed by atoms with E-state index in [2.05, 4.69) is 0 Å². The summed E-state index contributed by atoms with van der Waals surface area (Å²) >= 11 is -2.58. The largest absolute Gasteiger partial charge is 0.767 e. The minimum absolute atomic E-state index is 0.418. The molecule has 6 nitrogen and oxygen atoms in total. The molecule has 0 saturated carbocycles. The highest BCUT2D eigenvalue weighted by Gasteiger charge is 1.94. The van der Waals surface area contributed by atoms with Crippen LogP contribution in [0.3, 0.4) is 0 Å². The first-order chi connectivity index (χ1) is 5.09. The van der Waals surface area contributed by atoms with E-state index >= 15 is 0 Å². The molecule has 2 N–H and O–H groups in total. The Balaban J connectivity index is 3.42. The quantitative estimate of drug-likeness (QED) is 0.392. The fourth-order valence-corrected chi connectivity index (χ4v) is 0.915. The predicted molar refractivity (Wildman–Crippen MR) is 34.9 cm³/mol. The molecule has 0 aliphatic carbocycles. The van der Waals surface area contributed by atoms with Crippen molar-refractivity contribution in [2.75, 3.05) is 0 Å². The summed E-state index contributed by atoms with van der Waals surface area (Å²) in [7, 11) is 0. The second-order valence-corrected chi connectivity index (χ2v) is 2.60. The zero-order valence-electron chi connectivity index (χ0n) is 5.12. The highest BCUT2D eigenvalue weighted by Crippen LogP contribution is 1.88. The number of hydrogen-bond acceptors (Lipinski definition) is 4. The van der Waals surface area contributed by atoms with E-state index in [-0.39, 0.29) is 0 Å². The van der Waals surface area contributed by atoms with Gasteiger partial charge in [-0.1, -0.05) is 0 Å². The maximum atomic E-state index is 10.5. The molecule has 60 valence electrons. The summed E-state index contributed by atoms with van der Waals surface area (Å²) in [6, 6.07) is 0.782. The Labute approximate surface area is 62.6 Å². The Bertz CT molecular complexity index is 363. The third kappa shape index (κ3) is 1.85. The smallest absolute Gasteiger partial charge is 0.326 e. The molecule has 0 aliphatic rings. The molecule has 1 heterocycles. The minimum atomic E-state index is -2.58. The molecule has 0 spiro atoms. The van der Waals surface area contributed by atoms with Crippen molar-refractivity contribution in [1.29, 1.82) is 0 Å². The van der Waals surface area contributed by atoms with Crippen LogP contribution >= 0.6 is 0 Å². The van der Waals surface area contributed by atoms with Gasteiger partial charge in [0, 0.05) is 6.07 Å². The van der Waals surface area contributed by atoms with Crippen molar-refractivity contribution in [3.8, 4) is 0 Å². The normalized spacial score (nSPS) is 12.8. The third-order valence-electron chi connectivity index (χ3n) is 0.915. The van der Waals surface area contributed by atoms with E-state index in [0.717, 1.165) is 6.07 Å². The molecule has 0 aromatic carbocycles. The summed E-state index contributed by atoms with van der Waals surface area (Å²) in [6.07, 6.45) is 0. The molecule has 1 aromatic heterocycles. The Hall–Kier alpha value is -1.21. The van der Waals surface area contributed by atoms with Gasteiger partial charge in [0.1, 0.15) is 0 Å². The first-order valence-electron chi connectivity index (χ1n) is 2.52. The molecule has 0 amide bonds. The molecule has 0 aliphatic heterocycles. The number of nitrogens with one attached hydrogen (secondary N) is 2. The maximum Gasteiger partial charge on any atom is 0.326 e. The fraction of sp³-hybridized carbons (Fsp3) is 0. The Morgan fingerprint density at radius 2 is 2.00 bits per heavy atom. The molecule has 1 aromatic rings. The Kier molecular flexibility index (Phi) is 2.01. The number of H-pyrrole nitrogens is 2. The number of hydrogen-bond donors (Lipinski definition) is 2. The van der Waals surface area contributed by atoms with Crippen LogP contribution in [0.25, 0.3) is 0 Å². The lowest BCUT2D eigenvalue weighted by Gasteiger charge is -2.01. The SMILES string of the molecule is O=c1cc(S(=O)[O-])[nH]c(=O)[nH]1. The van der Waals surface area contributed by atoms with Crippen LogP contribution in [0.4, 0.5) is 0 Å². The lowest BCUT2D eigenvalue weighted by Crippen LogP contribution is -2.23. The number of aromatic amines is 2.